The molecule has 0 aromatic carbocycles. The molecule has 0 aromatic rings. The van der Waals surface area contributed by atoms with Crippen LogP contribution in [-0.2, 0) is 9.53 Å². The number of nitrogens with zero attached hydrogens (tertiary/aromatic N) is 2. The Bertz CT molecular complexity index is 245. The lowest BCUT2D eigenvalue weighted by molar-refractivity contribution is -0.139. The summed E-state index contributed by atoms with van der Waals surface area (Å²) in [4.78, 5) is 16.1. The summed E-state index contributed by atoms with van der Waals surface area (Å²) in [7, 11) is 1.90. The second-order valence-electron chi connectivity index (χ2n) is 4.40. The molecule has 0 aromatic heterocycles. The highest BCUT2D eigenvalue weighted by molar-refractivity contribution is 5.82. The molecule has 4 heteroatoms. The molecule has 15 heavy (non-hydrogen) atoms. The van der Waals surface area contributed by atoms with Gasteiger partial charge in [-0.15, -0.1) is 0 Å². The van der Waals surface area contributed by atoms with Gasteiger partial charge in [0.2, 0.25) is 5.91 Å². The van der Waals surface area contributed by atoms with Gasteiger partial charge in [-0.3, -0.25) is 9.69 Å². The van der Waals surface area contributed by atoms with Crippen LogP contribution in [0.2, 0.25) is 0 Å². The monoisotopic (exact) mass is 212 g/mol. The van der Waals surface area contributed by atoms with Crippen molar-refractivity contribution in [2.75, 3.05) is 33.4 Å². The number of fused-ring (bicyclic) bond motifs is 1. The third-order valence-electron chi connectivity index (χ3n) is 3.51. The molecule has 2 fully saturated rings. The zero-order valence-corrected chi connectivity index (χ0v) is 9.61. The van der Waals surface area contributed by atoms with Crippen LogP contribution in [0, 0.1) is 0 Å². The van der Waals surface area contributed by atoms with Crippen LogP contribution in [-0.4, -0.2) is 61.1 Å². The van der Waals surface area contributed by atoms with Gasteiger partial charge >= 0.3 is 0 Å². The number of hydrogen-bond acceptors (Lipinski definition) is 3. The number of carbonyl (C=O) groups is 1. The van der Waals surface area contributed by atoms with Gasteiger partial charge in [0, 0.05) is 32.8 Å². The molecule has 0 bridgehead atoms. The third-order valence-corrected chi connectivity index (χ3v) is 3.51. The molecule has 2 saturated heterocycles. The van der Waals surface area contributed by atoms with Gasteiger partial charge in [0.05, 0.1) is 12.6 Å². The molecule has 4 nitrogen and oxygen atoms in total. The van der Waals surface area contributed by atoms with Crippen molar-refractivity contribution in [3.8, 4) is 0 Å². The smallest absolute Gasteiger partial charge is 0.239 e. The van der Waals surface area contributed by atoms with Crippen molar-refractivity contribution in [2.24, 2.45) is 0 Å². The molecular formula is C11H20N2O2. The molecule has 2 unspecified atom stereocenters. The maximum absolute atomic E-state index is 11.9. The normalized spacial score (nSPS) is 32.1. The lowest BCUT2D eigenvalue weighted by atomic mass is 10.1. The number of hydrogen-bond donors (Lipinski definition) is 0. The SMILES string of the molecule is CCOCC1CCC2C(=O)N(C)CCN12. The van der Waals surface area contributed by atoms with Crippen LogP contribution < -0.4 is 0 Å². The molecule has 2 aliphatic rings. The van der Waals surface area contributed by atoms with Gasteiger partial charge in [-0.2, -0.15) is 0 Å². The predicted octanol–water partition coefficient (Wildman–Crippen LogP) is 0.328. The van der Waals surface area contributed by atoms with Gasteiger partial charge in [0.1, 0.15) is 0 Å². The van der Waals surface area contributed by atoms with Crippen LogP contribution >= 0.6 is 0 Å². The molecule has 2 atom stereocenters. The number of rotatable bonds is 3. The zero-order valence-electron chi connectivity index (χ0n) is 9.61. The van der Waals surface area contributed by atoms with Crippen molar-refractivity contribution >= 4 is 5.91 Å². The molecule has 0 spiro atoms. The summed E-state index contributed by atoms with van der Waals surface area (Å²) in [6, 6.07) is 0.599. The molecule has 2 rings (SSSR count). The molecule has 86 valence electrons. The minimum atomic E-state index is 0.134. The van der Waals surface area contributed by atoms with E-state index in [0.29, 0.717) is 11.9 Å². The van der Waals surface area contributed by atoms with Crippen molar-refractivity contribution < 1.29 is 9.53 Å². The summed E-state index contributed by atoms with van der Waals surface area (Å²) in [5.74, 6) is 0.292. The Kier molecular flexibility index (Phi) is 3.26. The maximum Gasteiger partial charge on any atom is 0.239 e. The van der Waals surface area contributed by atoms with E-state index in [-0.39, 0.29) is 6.04 Å². The lowest BCUT2D eigenvalue weighted by Gasteiger charge is -2.37. The number of carbonyl (C=O) groups excluding carboxylic acids is 1. The largest absolute Gasteiger partial charge is 0.380 e. The number of amides is 1. The van der Waals surface area contributed by atoms with E-state index in [1.165, 1.54) is 0 Å². The van der Waals surface area contributed by atoms with Gasteiger partial charge < -0.3 is 9.64 Å². The summed E-state index contributed by atoms with van der Waals surface area (Å²) in [6.45, 7) is 5.43. The molecule has 0 aliphatic carbocycles. The topological polar surface area (TPSA) is 32.8 Å². The van der Waals surface area contributed by atoms with Crippen molar-refractivity contribution in [2.45, 2.75) is 31.8 Å². The van der Waals surface area contributed by atoms with E-state index in [1.807, 2.05) is 18.9 Å². The first kappa shape index (κ1) is 10.9. The van der Waals surface area contributed by atoms with Gasteiger partial charge in [-0.05, 0) is 19.8 Å². The van der Waals surface area contributed by atoms with E-state index < -0.39 is 0 Å². The van der Waals surface area contributed by atoms with Crippen LogP contribution in [0.25, 0.3) is 0 Å². The second kappa shape index (κ2) is 4.49. The predicted molar refractivity (Wildman–Crippen MR) is 57.6 cm³/mol. The second-order valence-corrected chi connectivity index (χ2v) is 4.40. The Morgan fingerprint density at radius 1 is 1.40 bits per heavy atom. The highest BCUT2D eigenvalue weighted by Gasteiger charge is 2.41. The van der Waals surface area contributed by atoms with E-state index >= 15 is 0 Å². The van der Waals surface area contributed by atoms with E-state index in [9.17, 15) is 4.79 Å². The minimum absolute atomic E-state index is 0.134. The van der Waals surface area contributed by atoms with Crippen molar-refractivity contribution in [3.63, 3.8) is 0 Å². The third kappa shape index (κ3) is 2.01. The molecule has 2 heterocycles. The fourth-order valence-electron chi connectivity index (χ4n) is 2.60. The van der Waals surface area contributed by atoms with Gasteiger partial charge in [0.15, 0.2) is 0 Å². The van der Waals surface area contributed by atoms with Crippen LogP contribution in [0.4, 0.5) is 0 Å². The highest BCUT2D eigenvalue weighted by Crippen LogP contribution is 2.27. The summed E-state index contributed by atoms with van der Waals surface area (Å²) < 4.78 is 5.46. The zero-order chi connectivity index (χ0) is 10.8. The number of piperazine rings is 1. The molecule has 0 saturated carbocycles. The lowest BCUT2D eigenvalue weighted by Crippen LogP contribution is -2.55. The van der Waals surface area contributed by atoms with E-state index in [4.69, 9.17) is 4.74 Å². The maximum atomic E-state index is 11.9. The summed E-state index contributed by atoms with van der Waals surface area (Å²) in [6.07, 6.45) is 2.10. The van der Waals surface area contributed by atoms with Crippen molar-refractivity contribution in [3.05, 3.63) is 0 Å². The van der Waals surface area contributed by atoms with E-state index in [1.54, 1.807) is 0 Å². The van der Waals surface area contributed by atoms with Crippen LogP contribution in [0.15, 0.2) is 0 Å². The van der Waals surface area contributed by atoms with Crippen LogP contribution in [0.1, 0.15) is 19.8 Å². The van der Waals surface area contributed by atoms with Gasteiger partial charge in [0.25, 0.3) is 0 Å². The first-order valence-corrected chi connectivity index (χ1v) is 5.82. The fraction of sp³-hybridized carbons (Fsp3) is 0.909. The molecule has 0 radical (unpaired) electrons. The summed E-state index contributed by atoms with van der Waals surface area (Å²) >= 11 is 0. The van der Waals surface area contributed by atoms with Crippen molar-refractivity contribution in [1.82, 2.24) is 9.80 Å². The highest BCUT2D eigenvalue weighted by atomic mass is 16.5. The molecule has 2 aliphatic heterocycles. The summed E-state index contributed by atoms with van der Waals surface area (Å²) in [5.41, 5.74) is 0. The Labute approximate surface area is 91.2 Å². The number of ether oxygens (including phenoxy) is 1. The Morgan fingerprint density at radius 3 is 2.93 bits per heavy atom. The van der Waals surface area contributed by atoms with Crippen LogP contribution in [0.3, 0.4) is 0 Å². The average Bonchev–Trinajstić information content (AvgIpc) is 2.64. The first-order chi connectivity index (χ1) is 7.24. The van der Waals surface area contributed by atoms with Crippen molar-refractivity contribution in [1.29, 1.82) is 0 Å². The summed E-state index contributed by atoms with van der Waals surface area (Å²) in [5, 5.41) is 0. The average molecular weight is 212 g/mol. The number of likely N-dealkylation sites (N-methyl/N-ethyl adjacent to an activating group) is 1. The Hall–Kier alpha value is -0.610. The Balaban J connectivity index is 1.96. The first-order valence-electron chi connectivity index (χ1n) is 5.82. The Morgan fingerprint density at radius 2 is 2.20 bits per heavy atom. The van der Waals surface area contributed by atoms with Crippen LogP contribution in [0.5, 0.6) is 0 Å². The molecule has 0 N–H and O–H groups in total. The van der Waals surface area contributed by atoms with E-state index in [2.05, 4.69) is 4.90 Å². The quantitative estimate of drug-likeness (QED) is 0.676. The molecular weight excluding hydrogens is 192 g/mol. The molecule has 1 amide bonds. The van der Waals surface area contributed by atoms with Gasteiger partial charge in [-0.25, -0.2) is 0 Å². The minimum Gasteiger partial charge on any atom is -0.380 e. The standard InChI is InChI=1S/C11H20N2O2/c1-3-15-8-9-4-5-10-11(14)12(2)6-7-13(9)10/h9-10H,3-8H2,1-2H3. The fourth-order valence-corrected chi connectivity index (χ4v) is 2.60. The van der Waals surface area contributed by atoms with E-state index in [0.717, 1.165) is 39.1 Å². The van der Waals surface area contributed by atoms with Gasteiger partial charge in [-0.1, -0.05) is 0 Å².